The van der Waals surface area contributed by atoms with E-state index in [1.807, 2.05) is 4.90 Å². The van der Waals surface area contributed by atoms with E-state index in [0.717, 1.165) is 18.5 Å². The lowest BCUT2D eigenvalue weighted by Crippen LogP contribution is -2.38. The summed E-state index contributed by atoms with van der Waals surface area (Å²) in [4.78, 5) is 26.8. The van der Waals surface area contributed by atoms with Crippen LogP contribution in [0.3, 0.4) is 0 Å². The Balaban J connectivity index is 1.68. The minimum atomic E-state index is -2.85. The molecule has 0 aromatic heterocycles. The standard InChI is InChI=1S/C17H23F2N3O3/c1-21(12-13-5-7-14(8-6-13)25-16(18)19)17(24)20-9-3-11-22-10-2-4-15(22)23/h5-8,16H,2-4,9-12H2,1H3,(H,20,24). The van der Waals surface area contributed by atoms with Crippen LogP contribution in [0, 0.1) is 0 Å². The summed E-state index contributed by atoms with van der Waals surface area (Å²) in [6.45, 7) is -0.540. The molecule has 0 saturated carbocycles. The number of ether oxygens (including phenoxy) is 1. The highest BCUT2D eigenvalue weighted by atomic mass is 19.3. The van der Waals surface area contributed by atoms with Gasteiger partial charge in [0.1, 0.15) is 5.75 Å². The van der Waals surface area contributed by atoms with Crippen molar-refractivity contribution in [1.29, 1.82) is 0 Å². The predicted molar refractivity (Wildman–Crippen MR) is 88.4 cm³/mol. The van der Waals surface area contributed by atoms with Crippen LogP contribution in [0.1, 0.15) is 24.8 Å². The monoisotopic (exact) mass is 355 g/mol. The van der Waals surface area contributed by atoms with Gasteiger partial charge >= 0.3 is 12.6 Å². The fourth-order valence-corrected chi connectivity index (χ4v) is 2.66. The normalized spacial score (nSPS) is 14.1. The molecule has 1 aromatic rings. The number of rotatable bonds is 8. The number of hydrogen-bond donors (Lipinski definition) is 1. The Morgan fingerprint density at radius 2 is 2.08 bits per heavy atom. The summed E-state index contributed by atoms with van der Waals surface area (Å²) in [5.41, 5.74) is 0.807. The van der Waals surface area contributed by atoms with Crippen molar-refractivity contribution in [1.82, 2.24) is 15.1 Å². The van der Waals surface area contributed by atoms with Gasteiger partial charge in [-0.2, -0.15) is 8.78 Å². The Labute approximate surface area is 145 Å². The number of urea groups is 1. The fraction of sp³-hybridized carbons (Fsp3) is 0.529. The summed E-state index contributed by atoms with van der Waals surface area (Å²) >= 11 is 0. The van der Waals surface area contributed by atoms with Crippen LogP contribution in [-0.4, -0.2) is 55.0 Å². The molecular formula is C17H23F2N3O3. The molecule has 1 aromatic carbocycles. The van der Waals surface area contributed by atoms with E-state index in [-0.39, 0.29) is 17.7 Å². The Bertz CT molecular complexity index is 581. The first-order valence-electron chi connectivity index (χ1n) is 8.26. The van der Waals surface area contributed by atoms with Crippen molar-refractivity contribution in [3.05, 3.63) is 29.8 Å². The Morgan fingerprint density at radius 1 is 1.36 bits per heavy atom. The van der Waals surface area contributed by atoms with E-state index in [2.05, 4.69) is 10.1 Å². The highest BCUT2D eigenvalue weighted by molar-refractivity contribution is 5.78. The number of hydrogen-bond acceptors (Lipinski definition) is 3. The lowest BCUT2D eigenvalue weighted by atomic mass is 10.2. The topological polar surface area (TPSA) is 61.9 Å². The van der Waals surface area contributed by atoms with Crippen LogP contribution in [0.2, 0.25) is 0 Å². The quantitative estimate of drug-likeness (QED) is 0.729. The van der Waals surface area contributed by atoms with Gasteiger partial charge in [0.05, 0.1) is 0 Å². The molecule has 3 amide bonds. The highest BCUT2D eigenvalue weighted by Gasteiger charge is 2.19. The molecule has 1 fully saturated rings. The number of carbonyl (C=O) groups is 2. The maximum absolute atomic E-state index is 12.1. The average molecular weight is 355 g/mol. The van der Waals surface area contributed by atoms with E-state index >= 15 is 0 Å². The molecule has 2 rings (SSSR count). The number of benzene rings is 1. The minimum absolute atomic E-state index is 0.0855. The molecule has 1 aliphatic heterocycles. The van der Waals surface area contributed by atoms with E-state index in [0.29, 0.717) is 32.5 Å². The number of alkyl halides is 2. The molecule has 1 N–H and O–H groups in total. The van der Waals surface area contributed by atoms with Gasteiger partial charge in [-0.1, -0.05) is 12.1 Å². The summed E-state index contributed by atoms with van der Waals surface area (Å²) in [6, 6.07) is 5.95. The molecule has 138 valence electrons. The molecule has 1 heterocycles. The van der Waals surface area contributed by atoms with Crippen molar-refractivity contribution >= 4 is 11.9 Å². The molecular weight excluding hydrogens is 332 g/mol. The van der Waals surface area contributed by atoms with Crippen molar-refractivity contribution < 1.29 is 23.1 Å². The second-order valence-corrected chi connectivity index (χ2v) is 5.95. The summed E-state index contributed by atoms with van der Waals surface area (Å²) in [6.07, 6.45) is 2.25. The number of carbonyl (C=O) groups excluding carboxylic acids is 2. The zero-order chi connectivity index (χ0) is 18.2. The molecule has 0 aliphatic carbocycles. The van der Waals surface area contributed by atoms with Crippen LogP contribution in [0.5, 0.6) is 5.75 Å². The van der Waals surface area contributed by atoms with Gasteiger partial charge in [-0.25, -0.2) is 4.79 Å². The number of likely N-dealkylation sites (tertiary alicyclic amines) is 1. The lowest BCUT2D eigenvalue weighted by molar-refractivity contribution is -0.127. The van der Waals surface area contributed by atoms with Crippen molar-refractivity contribution in [2.75, 3.05) is 26.7 Å². The van der Waals surface area contributed by atoms with Gasteiger partial charge in [-0.3, -0.25) is 4.79 Å². The Morgan fingerprint density at radius 3 is 2.68 bits per heavy atom. The van der Waals surface area contributed by atoms with Crippen LogP contribution in [0.15, 0.2) is 24.3 Å². The Kier molecular flexibility index (Phi) is 6.97. The largest absolute Gasteiger partial charge is 0.435 e. The van der Waals surface area contributed by atoms with E-state index in [1.54, 1.807) is 19.2 Å². The van der Waals surface area contributed by atoms with Gasteiger partial charge in [0.25, 0.3) is 0 Å². The molecule has 8 heteroatoms. The smallest absolute Gasteiger partial charge is 0.387 e. The summed E-state index contributed by atoms with van der Waals surface area (Å²) in [5.74, 6) is 0.269. The number of amides is 3. The van der Waals surface area contributed by atoms with Crippen molar-refractivity contribution in [2.45, 2.75) is 32.4 Å². The molecule has 0 atom stereocenters. The van der Waals surface area contributed by atoms with Crippen LogP contribution in [0.4, 0.5) is 13.6 Å². The first-order chi connectivity index (χ1) is 12.0. The molecule has 0 spiro atoms. The maximum atomic E-state index is 12.1. The molecule has 6 nitrogen and oxygen atoms in total. The van der Waals surface area contributed by atoms with Gasteiger partial charge in [-0.15, -0.1) is 0 Å². The zero-order valence-corrected chi connectivity index (χ0v) is 14.2. The SMILES string of the molecule is CN(Cc1ccc(OC(F)F)cc1)C(=O)NCCCN1CCCC1=O. The van der Waals surface area contributed by atoms with Gasteiger partial charge < -0.3 is 19.9 Å². The second-order valence-electron chi connectivity index (χ2n) is 5.95. The van der Waals surface area contributed by atoms with E-state index in [1.165, 1.54) is 17.0 Å². The van der Waals surface area contributed by atoms with E-state index < -0.39 is 6.61 Å². The van der Waals surface area contributed by atoms with Crippen LogP contribution < -0.4 is 10.1 Å². The molecule has 0 unspecified atom stereocenters. The van der Waals surface area contributed by atoms with Crippen molar-refractivity contribution in [3.8, 4) is 5.75 Å². The molecule has 0 bridgehead atoms. The molecule has 25 heavy (non-hydrogen) atoms. The third-order valence-corrected chi connectivity index (χ3v) is 3.97. The van der Waals surface area contributed by atoms with Crippen LogP contribution in [0.25, 0.3) is 0 Å². The van der Waals surface area contributed by atoms with Gasteiger partial charge in [0.2, 0.25) is 5.91 Å². The van der Waals surface area contributed by atoms with Crippen molar-refractivity contribution in [2.24, 2.45) is 0 Å². The maximum Gasteiger partial charge on any atom is 0.387 e. The van der Waals surface area contributed by atoms with Gasteiger partial charge in [-0.05, 0) is 30.5 Å². The van der Waals surface area contributed by atoms with E-state index in [9.17, 15) is 18.4 Å². The summed E-state index contributed by atoms with van der Waals surface area (Å²) in [7, 11) is 1.66. The van der Waals surface area contributed by atoms with Crippen LogP contribution in [-0.2, 0) is 11.3 Å². The predicted octanol–water partition coefficient (Wildman–Crippen LogP) is 2.44. The minimum Gasteiger partial charge on any atom is -0.435 e. The third-order valence-electron chi connectivity index (χ3n) is 3.97. The number of halogens is 2. The Hall–Kier alpha value is -2.38. The molecule has 1 saturated heterocycles. The van der Waals surface area contributed by atoms with Crippen LogP contribution >= 0.6 is 0 Å². The first-order valence-corrected chi connectivity index (χ1v) is 8.26. The summed E-state index contributed by atoms with van der Waals surface area (Å²) in [5, 5.41) is 2.80. The van der Waals surface area contributed by atoms with Gasteiger partial charge in [0.15, 0.2) is 0 Å². The second kappa shape index (κ2) is 9.19. The summed E-state index contributed by atoms with van der Waals surface area (Å²) < 4.78 is 28.5. The first kappa shape index (κ1) is 19.0. The number of nitrogens with zero attached hydrogens (tertiary/aromatic N) is 2. The number of nitrogens with one attached hydrogen (secondary N) is 1. The zero-order valence-electron chi connectivity index (χ0n) is 14.2. The molecule has 1 aliphatic rings. The molecule has 0 radical (unpaired) electrons. The van der Waals surface area contributed by atoms with E-state index in [4.69, 9.17) is 0 Å². The average Bonchev–Trinajstić information content (AvgIpc) is 2.97. The van der Waals surface area contributed by atoms with Gasteiger partial charge in [0, 0.05) is 39.6 Å². The third kappa shape index (κ3) is 6.21. The highest BCUT2D eigenvalue weighted by Crippen LogP contribution is 2.15. The van der Waals surface area contributed by atoms with Crippen molar-refractivity contribution in [3.63, 3.8) is 0 Å². The fourth-order valence-electron chi connectivity index (χ4n) is 2.66. The lowest BCUT2D eigenvalue weighted by Gasteiger charge is -2.19.